The van der Waals surface area contributed by atoms with Crippen molar-refractivity contribution < 1.29 is 0 Å². The SMILES string of the molecule is N#Cc1ccc2[nH]cc(CC3CN(C(c4ccccc4)c4ccccc4)C3)c2c1. The van der Waals surface area contributed by atoms with Gasteiger partial charge in [0.15, 0.2) is 0 Å². The summed E-state index contributed by atoms with van der Waals surface area (Å²) >= 11 is 0. The molecule has 1 fully saturated rings. The molecule has 0 atom stereocenters. The second kappa shape index (κ2) is 7.58. The Bertz CT molecular complexity index is 1110. The molecular weight excluding hydrogens is 354 g/mol. The number of aromatic amines is 1. The van der Waals surface area contributed by atoms with E-state index in [2.05, 4.69) is 82.8 Å². The lowest BCUT2D eigenvalue weighted by Gasteiger charge is -2.45. The molecule has 3 heteroatoms. The summed E-state index contributed by atoms with van der Waals surface area (Å²) in [6.07, 6.45) is 3.15. The molecule has 0 spiro atoms. The van der Waals surface area contributed by atoms with E-state index < -0.39 is 0 Å². The molecule has 0 radical (unpaired) electrons. The molecule has 0 bridgehead atoms. The van der Waals surface area contributed by atoms with Crippen molar-refractivity contribution in [2.75, 3.05) is 13.1 Å². The molecule has 1 aliphatic heterocycles. The molecule has 0 unspecified atom stereocenters. The van der Waals surface area contributed by atoms with Gasteiger partial charge >= 0.3 is 0 Å². The first-order chi connectivity index (χ1) is 14.3. The van der Waals surface area contributed by atoms with Crippen LogP contribution in [0.4, 0.5) is 0 Å². The first-order valence-electron chi connectivity index (χ1n) is 10.2. The lowest BCUT2D eigenvalue weighted by atomic mass is 9.87. The van der Waals surface area contributed by atoms with Crippen molar-refractivity contribution in [2.24, 2.45) is 5.92 Å². The number of hydrogen-bond acceptors (Lipinski definition) is 2. The Hall–Kier alpha value is -3.35. The molecule has 1 aliphatic rings. The van der Waals surface area contributed by atoms with Gasteiger partial charge in [0.1, 0.15) is 0 Å². The van der Waals surface area contributed by atoms with Crippen LogP contribution in [0, 0.1) is 17.2 Å². The molecular formula is C26H23N3. The largest absolute Gasteiger partial charge is 0.361 e. The molecule has 0 amide bonds. The van der Waals surface area contributed by atoms with E-state index in [1.54, 1.807) is 0 Å². The van der Waals surface area contributed by atoms with Gasteiger partial charge < -0.3 is 4.98 Å². The Morgan fingerprint density at radius 2 is 1.59 bits per heavy atom. The van der Waals surface area contributed by atoms with E-state index in [-0.39, 0.29) is 0 Å². The smallest absolute Gasteiger partial charge is 0.0991 e. The summed E-state index contributed by atoms with van der Waals surface area (Å²) < 4.78 is 0. The monoisotopic (exact) mass is 377 g/mol. The van der Waals surface area contributed by atoms with Gasteiger partial charge in [-0.1, -0.05) is 60.7 Å². The van der Waals surface area contributed by atoms with Crippen LogP contribution in [0.3, 0.4) is 0 Å². The van der Waals surface area contributed by atoms with E-state index in [0.29, 0.717) is 12.0 Å². The fraction of sp³-hybridized carbons (Fsp3) is 0.192. The van der Waals surface area contributed by atoms with Gasteiger partial charge in [0.25, 0.3) is 0 Å². The lowest BCUT2D eigenvalue weighted by Crippen LogP contribution is -2.49. The number of likely N-dealkylation sites (tertiary alicyclic amines) is 1. The van der Waals surface area contributed by atoms with E-state index in [4.69, 9.17) is 0 Å². The molecule has 4 aromatic rings. The van der Waals surface area contributed by atoms with Crippen molar-refractivity contribution >= 4 is 10.9 Å². The Kier molecular flexibility index (Phi) is 4.63. The molecule has 3 aromatic carbocycles. The first-order valence-corrected chi connectivity index (χ1v) is 10.2. The number of fused-ring (bicyclic) bond motifs is 1. The van der Waals surface area contributed by atoms with E-state index in [0.717, 1.165) is 30.6 Å². The zero-order chi connectivity index (χ0) is 19.6. The summed E-state index contributed by atoms with van der Waals surface area (Å²) in [6.45, 7) is 2.16. The van der Waals surface area contributed by atoms with Gasteiger partial charge in [-0.3, -0.25) is 4.90 Å². The highest BCUT2D eigenvalue weighted by Gasteiger charge is 2.34. The summed E-state index contributed by atoms with van der Waals surface area (Å²) in [4.78, 5) is 5.93. The maximum atomic E-state index is 9.21. The Morgan fingerprint density at radius 3 is 2.21 bits per heavy atom. The molecule has 0 saturated carbocycles. The standard InChI is InChI=1S/C26H23N3/c27-15-19-11-12-25-24(14-19)23(16-28-25)13-20-17-29(18-20)26(21-7-3-1-4-8-21)22-9-5-2-6-10-22/h1-12,14,16,20,26,28H,13,17-18H2. The van der Waals surface area contributed by atoms with Crippen molar-refractivity contribution in [3.8, 4) is 6.07 Å². The fourth-order valence-corrected chi connectivity index (χ4v) is 4.56. The number of H-pyrrole nitrogens is 1. The van der Waals surface area contributed by atoms with Crippen LogP contribution >= 0.6 is 0 Å². The number of rotatable bonds is 5. The van der Waals surface area contributed by atoms with Crippen molar-refractivity contribution in [3.05, 3.63) is 107 Å². The maximum Gasteiger partial charge on any atom is 0.0991 e. The first kappa shape index (κ1) is 17.7. The number of aromatic nitrogens is 1. The molecule has 5 rings (SSSR count). The zero-order valence-electron chi connectivity index (χ0n) is 16.3. The van der Waals surface area contributed by atoms with Gasteiger partial charge in [-0.15, -0.1) is 0 Å². The highest BCUT2D eigenvalue weighted by atomic mass is 15.2. The number of nitrogens with one attached hydrogen (secondary N) is 1. The average Bonchev–Trinajstić information content (AvgIpc) is 3.15. The van der Waals surface area contributed by atoms with Crippen LogP contribution in [0.1, 0.15) is 28.3 Å². The third kappa shape index (κ3) is 3.44. The summed E-state index contributed by atoms with van der Waals surface area (Å²) in [5, 5.41) is 10.4. The highest BCUT2D eigenvalue weighted by Crippen LogP contribution is 2.36. The van der Waals surface area contributed by atoms with E-state index in [1.807, 2.05) is 18.2 Å². The van der Waals surface area contributed by atoms with Gasteiger partial charge in [0.2, 0.25) is 0 Å². The number of hydrogen-bond donors (Lipinski definition) is 1. The summed E-state index contributed by atoms with van der Waals surface area (Å²) in [7, 11) is 0. The minimum atomic E-state index is 0.307. The van der Waals surface area contributed by atoms with Crippen LogP contribution in [0.15, 0.2) is 85.1 Å². The van der Waals surface area contributed by atoms with Crippen LogP contribution < -0.4 is 0 Å². The van der Waals surface area contributed by atoms with E-state index >= 15 is 0 Å². The quantitative estimate of drug-likeness (QED) is 0.513. The van der Waals surface area contributed by atoms with Crippen molar-refractivity contribution in [1.29, 1.82) is 5.26 Å². The normalized spacial score (nSPS) is 14.8. The Labute approximate surface area is 171 Å². The van der Waals surface area contributed by atoms with Crippen LogP contribution in [0.2, 0.25) is 0 Å². The van der Waals surface area contributed by atoms with Crippen LogP contribution in [0.5, 0.6) is 0 Å². The average molecular weight is 377 g/mol. The van der Waals surface area contributed by atoms with Gasteiger partial charge in [-0.05, 0) is 47.2 Å². The second-order valence-electron chi connectivity index (χ2n) is 7.93. The number of nitriles is 1. The molecule has 1 aromatic heterocycles. The minimum Gasteiger partial charge on any atom is -0.361 e. The van der Waals surface area contributed by atoms with Crippen LogP contribution in [0.25, 0.3) is 10.9 Å². The Morgan fingerprint density at radius 1 is 0.931 bits per heavy atom. The molecule has 2 heterocycles. The molecule has 29 heavy (non-hydrogen) atoms. The third-order valence-electron chi connectivity index (χ3n) is 5.99. The van der Waals surface area contributed by atoms with E-state index in [9.17, 15) is 5.26 Å². The fourth-order valence-electron chi connectivity index (χ4n) is 4.56. The maximum absolute atomic E-state index is 9.21. The molecule has 142 valence electrons. The summed E-state index contributed by atoms with van der Waals surface area (Å²) in [5.74, 6) is 0.634. The van der Waals surface area contributed by atoms with Crippen LogP contribution in [-0.4, -0.2) is 23.0 Å². The number of benzene rings is 3. The predicted octanol–water partition coefficient (Wildman–Crippen LogP) is 5.30. The minimum absolute atomic E-state index is 0.307. The van der Waals surface area contributed by atoms with Crippen molar-refractivity contribution in [2.45, 2.75) is 12.5 Å². The van der Waals surface area contributed by atoms with E-state index in [1.165, 1.54) is 22.1 Å². The summed E-state index contributed by atoms with van der Waals surface area (Å²) in [5.41, 5.74) is 5.85. The molecule has 1 N–H and O–H groups in total. The number of nitrogens with zero attached hydrogens (tertiary/aromatic N) is 2. The van der Waals surface area contributed by atoms with Crippen molar-refractivity contribution in [3.63, 3.8) is 0 Å². The van der Waals surface area contributed by atoms with Gasteiger partial charge in [-0.25, -0.2) is 0 Å². The molecule has 0 aliphatic carbocycles. The highest BCUT2D eigenvalue weighted by molar-refractivity contribution is 5.84. The van der Waals surface area contributed by atoms with Gasteiger partial charge in [0.05, 0.1) is 17.7 Å². The van der Waals surface area contributed by atoms with Gasteiger partial charge in [-0.2, -0.15) is 5.26 Å². The third-order valence-corrected chi connectivity index (χ3v) is 5.99. The van der Waals surface area contributed by atoms with Gasteiger partial charge in [0, 0.05) is 30.2 Å². The lowest BCUT2D eigenvalue weighted by molar-refractivity contribution is 0.0690. The predicted molar refractivity (Wildman–Crippen MR) is 117 cm³/mol. The second-order valence-corrected chi connectivity index (χ2v) is 7.93. The Balaban J connectivity index is 1.35. The molecule has 1 saturated heterocycles. The zero-order valence-corrected chi connectivity index (χ0v) is 16.3. The molecule has 3 nitrogen and oxygen atoms in total. The summed E-state index contributed by atoms with van der Waals surface area (Å²) in [6, 6.07) is 30.0. The van der Waals surface area contributed by atoms with Crippen LogP contribution in [-0.2, 0) is 6.42 Å². The topological polar surface area (TPSA) is 42.8 Å². The van der Waals surface area contributed by atoms with Crippen molar-refractivity contribution in [1.82, 2.24) is 9.88 Å².